The molecular formula is C18H19NO. The van der Waals surface area contributed by atoms with Crippen LogP contribution >= 0.6 is 0 Å². The molecule has 0 aliphatic heterocycles. The summed E-state index contributed by atoms with van der Waals surface area (Å²) in [7, 11) is 2.12. The molecule has 1 N–H and O–H groups in total. The number of aliphatic hydroxyl groups excluding tert-OH is 1. The van der Waals surface area contributed by atoms with Crippen LogP contribution in [0.3, 0.4) is 0 Å². The smallest absolute Gasteiger partial charge is 0.0521 e. The van der Waals surface area contributed by atoms with Crippen molar-refractivity contribution in [3.63, 3.8) is 0 Å². The number of benzene rings is 2. The Labute approximate surface area is 119 Å². The van der Waals surface area contributed by atoms with Crippen LogP contribution in [0.15, 0.2) is 54.6 Å². The predicted octanol–water partition coefficient (Wildman–Crippen LogP) is 3.77. The van der Waals surface area contributed by atoms with Crippen LogP contribution in [0, 0.1) is 0 Å². The zero-order valence-electron chi connectivity index (χ0n) is 11.7. The molecule has 0 radical (unpaired) electrons. The summed E-state index contributed by atoms with van der Waals surface area (Å²) in [4.78, 5) is 0. The fourth-order valence-corrected chi connectivity index (χ4v) is 2.94. The molecular weight excluding hydrogens is 246 g/mol. The Morgan fingerprint density at radius 3 is 2.40 bits per heavy atom. The second-order valence-corrected chi connectivity index (χ2v) is 5.10. The molecule has 0 bridgehead atoms. The first-order valence-corrected chi connectivity index (χ1v) is 7.05. The van der Waals surface area contributed by atoms with Crippen molar-refractivity contribution < 1.29 is 5.11 Å². The maximum absolute atomic E-state index is 9.16. The van der Waals surface area contributed by atoms with E-state index in [9.17, 15) is 0 Å². The molecule has 0 unspecified atom stereocenters. The molecule has 0 atom stereocenters. The molecule has 20 heavy (non-hydrogen) atoms. The Morgan fingerprint density at radius 2 is 1.65 bits per heavy atom. The molecule has 2 heteroatoms. The van der Waals surface area contributed by atoms with Crippen LogP contribution in [0.25, 0.3) is 22.2 Å². The van der Waals surface area contributed by atoms with E-state index in [2.05, 4.69) is 60.1 Å². The van der Waals surface area contributed by atoms with Gasteiger partial charge in [-0.2, -0.15) is 0 Å². The highest BCUT2D eigenvalue weighted by molar-refractivity contribution is 5.91. The van der Waals surface area contributed by atoms with Crippen molar-refractivity contribution in [2.45, 2.75) is 12.8 Å². The van der Waals surface area contributed by atoms with Gasteiger partial charge in [0.25, 0.3) is 0 Å². The predicted molar refractivity (Wildman–Crippen MR) is 83.8 cm³/mol. The zero-order chi connectivity index (χ0) is 13.9. The summed E-state index contributed by atoms with van der Waals surface area (Å²) in [6.45, 7) is 0.234. The van der Waals surface area contributed by atoms with Gasteiger partial charge in [0.05, 0.1) is 5.69 Å². The van der Waals surface area contributed by atoms with Crippen molar-refractivity contribution in [1.29, 1.82) is 0 Å². The summed E-state index contributed by atoms with van der Waals surface area (Å²) in [5.74, 6) is 0. The number of fused-ring (bicyclic) bond motifs is 1. The Kier molecular flexibility index (Phi) is 3.57. The van der Waals surface area contributed by atoms with E-state index in [1.54, 1.807) is 0 Å². The number of para-hydroxylation sites is 1. The molecule has 0 saturated carbocycles. The Balaban J connectivity index is 2.26. The minimum Gasteiger partial charge on any atom is -0.396 e. The maximum atomic E-state index is 9.16. The standard InChI is InChI=1S/C18H19NO/c1-19-17-12-6-5-10-15(17)16(11-7-13-20)18(19)14-8-3-2-4-9-14/h2-6,8-10,12,20H,7,11,13H2,1H3. The first-order valence-electron chi connectivity index (χ1n) is 7.05. The lowest BCUT2D eigenvalue weighted by Crippen LogP contribution is -1.95. The average Bonchev–Trinajstić information content (AvgIpc) is 2.79. The molecule has 0 spiro atoms. The van der Waals surface area contributed by atoms with Crippen LogP contribution in [0.2, 0.25) is 0 Å². The quantitative estimate of drug-likeness (QED) is 0.763. The van der Waals surface area contributed by atoms with Crippen molar-refractivity contribution >= 4 is 10.9 Å². The molecule has 2 nitrogen and oxygen atoms in total. The first kappa shape index (κ1) is 12.9. The first-order chi connectivity index (χ1) is 9.83. The number of nitrogens with zero attached hydrogens (tertiary/aromatic N) is 1. The summed E-state index contributed by atoms with van der Waals surface area (Å²) in [6.07, 6.45) is 1.70. The molecule has 3 rings (SSSR count). The van der Waals surface area contributed by atoms with Crippen molar-refractivity contribution in [3.05, 3.63) is 60.2 Å². The van der Waals surface area contributed by atoms with Gasteiger partial charge in [-0.25, -0.2) is 0 Å². The van der Waals surface area contributed by atoms with Gasteiger partial charge in [-0.05, 0) is 30.0 Å². The van der Waals surface area contributed by atoms with Gasteiger partial charge in [0.1, 0.15) is 0 Å². The van der Waals surface area contributed by atoms with E-state index in [0.717, 1.165) is 12.8 Å². The Morgan fingerprint density at radius 1 is 0.950 bits per heavy atom. The molecule has 0 aliphatic rings. The number of aromatic nitrogens is 1. The highest BCUT2D eigenvalue weighted by Gasteiger charge is 2.15. The Hall–Kier alpha value is -2.06. The summed E-state index contributed by atoms with van der Waals surface area (Å²) in [5.41, 5.74) is 5.09. The zero-order valence-corrected chi connectivity index (χ0v) is 11.7. The van der Waals surface area contributed by atoms with Crippen LogP contribution in [0.1, 0.15) is 12.0 Å². The maximum Gasteiger partial charge on any atom is 0.0521 e. The molecule has 0 fully saturated rings. The van der Waals surface area contributed by atoms with Crippen LogP contribution in [0.5, 0.6) is 0 Å². The van der Waals surface area contributed by atoms with E-state index in [1.807, 2.05) is 6.07 Å². The van der Waals surface area contributed by atoms with Crippen molar-refractivity contribution in [3.8, 4) is 11.3 Å². The van der Waals surface area contributed by atoms with Gasteiger partial charge < -0.3 is 9.67 Å². The summed E-state index contributed by atoms with van der Waals surface area (Å²) >= 11 is 0. The second-order valence-electron chi connectivity index (χ2n) is 5.10. The summed E-state index contributed by atoms with van der Waals surface area (Å²) in [6, 6.07) is 19.0. The van der Waals surface area contributed by atoms with Crippen LogP contribution in [0.4, 0.5) is 0 Å². The second kappa shape index (κ2) is 5.51. The van der Waals surface area contributed by atoms with E-state index in [4.69, 9.17) is 5.11 Å². The normalized spacial score (nSPS) is 11.1. The summed E-state index contributed by atoms with van der Waals surface area (Å²) in [5, 5.41) is 10.5. The van der Waals surface area contributed by atoms with E-state index < -0.39 is 0 Å². The lowest BCUT2D eigenvalue weighted by molar-refractivity contribution is 0.289. The third-order valence-electron chi connectivity index (χ3n) is 3.84. The fourth-order valence-electron chi connectivity index (χ4n) is 2.94. The van der Waals surface area contributed by atoms with Crippen LogP contribution in [-0.4, -0.2) is 16.3 Å². The molecule has 0 aliphatic carbocycles. The van der Waals surface area contributed by atoms with Gasteiger partial charge in [-0.1, -0.05) is 48.5 Å². The topological polar surface area (TPSA) is 25.2 Å². The number of hydrogen-bond acceptors (Lipinski definition) is 1. The van der Waals surface area contributed by atoms with E-state index in [-0.39, 0.29) is 6.61 Å². The monoisotopic (exact) mass is 265 g/mol. The van der Waals surface area contributed by atoms with E-state index >= 15 is 0 Å². The molecule has 0 amide bonds. The lowest BCUT2D eigenvalue weighted by Gasteiger charge is -2.08. The van der Waals surface area contributed by atoms with Crippen LogP contribution in [-0.2, 0) is 13.5 Å². The van der Waals surface area contributed by atoms with E-state index in [1.165, 1.54) is 27.7 Å². The summed E-state index contributed by atoms with van der Waals surface area (Å²) < 4.78 is 2.26. The minimum absolute atomic E-state index is 0.234. The molecule has 0 saturated heterocycles. The minimum atomic E-state index is 0.234. The number of aryl methyl sites for hydroxylation is 2. The number of hydrogen-bond donors (Lipinski definition) is 1. The van der Waals surface area contributed by atoms with Crippen LogP contribution < -0.4 is 0 Å². The van der Waals surface area contributed by atoms with E-state index in [0.29, 0.717) is 0 Å². The molecule has 2 aromatic carbocycles. The van der Waals surface area contributed by atoms with Gasteiger partial charge in [-0.3, -0.25) is 0 Å². The van der Waals surface area contributed by atoms with Gasteiger partial charge in [0.2, 0.25) is 0 Å². The Bertz CT molecular complexity index is 713. The molecule has 3 aromatic rings. The largest absolute Gasteiger partial charge is 0.396 e. The number of rotatable bonds is 4. The van der Waals surface area contributed by atoms with Gasteiger partial charge in [0, 0.05) is 24.6 Å². The fraction of sp³-hybridized carbons (Fsp3) is 0.222. The lowest BCUT2D eigenvalue weighted by atomic mass is 10.0. The average molecular weight is 265 g/mol. The van der Waals surface area contributed by atoms with Crippen molar-refractivity contribution in [2.75, 3.05) is 6.61 Å². The van der Waals surface area contributed by atoms with Crippen molar-refractivity contribution in [1.82, 2.24) is 4.57 Å². The van der Waals surface area contributed by atoms with Gasteiger partial charge >= 0.3 is 0 Å². The molecule has 1 heterocycles. The van der Waals surface area contributed by atoms with Crippen molar-refractivity contribution in [2.24, 2.45) is 7.05 Å². The SMILES string of the molecule is Cn1c(-c2ccccc2)c(CCCO)c2ccccc21. The van der Waals surface area contributed by atoms with Gasteiger partial charge in [-0.15, -0.1) is 0 Å². The highest BCUT2D eigenvalue weighted by Crippen LogP contribution is 2.33. The highest BCUT2D eigenvalue weighted by atomic mass is 16.2. The molecule has 1 aromatic heterocycles. The number of aliphatic hydroxyl groups is 1. The molecule has 102 valence electrons. The van der Waals surface area contributed by atoms with Gasteiger partial charge in [0.15, 0.2) is 0 Å². The third-order valence-corrected chi connectivity index (χ3v) is 3.84. The third kappa shape index (κ3) is 2.12.